The molecule has 1 aromatic rings. The zero-order valence-electron chi connectivity index (χ0n) is 8.46. The average molecular weight is 366 g/mol. The number of carbonyl (C=O) groups is 1. The summed E-state index contributed by atoms with van der Waals surface area (Å²) in [4.78, 5) is 12.1. The van der Waals surface area contributed by atoms with Crippen LogP contribution in [0.4, 0.5) is 0 Å². The molecule has 1 amide bonds. The zero-order chi connectivity index (χ0) is 12.3. The van der Waals surface area contributed by atoms with Crippen molar-refractivity contribution in [1.29, 1.82) is 0 Å². The predicted octanol–water partition coefficient (Wildman–Crippen LogP) is 2.62. The summed E-state index contributed by atoms with van der Waals surface area (Å²) in [6.07, 6.45) is 0. The Morgan fingerprint density at radius 2 is 2.12 bits per heavy atom. The minimum Gasteiger partial charge on any atom is -0.392 e. The van der Waals surface area contributed by atoms with Crippen LogP contribution in [0.2, 0.25) is 0 Å². The number of thiocarbonyl (C=S) groups is 1. The van der Waals surface area contributed by atoms with E-state index < -0.39 is 0 Å². The Balaban J connectivity index is 2.85. The first-order valence-electron chi connectivity index (χ1n) is 4.47. The normalized spacial score (nSPS) is 11.9. The van der Waals surface area contributed by atoms with E-state index in [-0.39, 0.29) is 16.9 Å². The number of benzene rings is 1. The Labute approximate surface area is 116 Å². The van der Waals surface area contributed by atoms with Gasteiger partial charge in [0.15, 0.2) is 0 Å². The summed E-state index contributed by atoms with van der Waals surface area (Å²) in [6.45, 7) is 1.74. The lowest BCUT2D eigenvalue weighted by Crippen LogP contribution is -2.41. The monoisotopic (exact) mass is 364 g/mol. The van der Waals surface area contributed by atoms with Crippen LogP contribution in [0, 0.1) is 0 Å². The van der Waals surface area contributed by atoms with Crippen LogP contribution in [0.25, 0.3) is 0 Å². The van der Waals surface area contributed by atoms with Gasteiger partial charge in [0, 0.05) is 8.95 Å². The maximum Gasteiger partial charge on any atom is 0.252 e. The fourth-order valence-corrected chi connectivity index (χ4v) is 2.31. The fraction of sp³-hybridized carbons (Fsp3) is 0.200. The number of hydrogen-bond acceptors (Lipinski definition) is 2. The zero-order valence-corrected chi connectivity index (χ0v) is 12.4. The highest BCUT2D eigenvalue weighted by molar-refractivity contribution is 9.11. The summed E-state index contributed by atoms with van der Waals surface area (Å²) in [5.74, 6) is -0.209. The molecule has 6 heteroatoms. The first-order chi connectivity index (χ1) is 7.41. The van der Waals surface area contributed by atoms with E-state index in [1.165, 1.54) is 0 Å². The summed E-state index contributed by atoms with van der Waals surface area (Å²) < 4.78 is 1.62. The van der Waals surface area contributed by atoms with Gasteiger partial charge in [0.1, 0.15) is 0 Å². The van der Waals surface area contributed by atoms with Crippen LogP contribution < -0.4 is 11.1 Å². The molecule has 86 valence electrons. The van der Waals surface area contributed by atoms with Crippen LogP contribution in [0.5, 0.6) is 0 Å². The highest BCUT2D eigenvalue weighted by Crippen LogP contribution is 2.21. The van der Waals surface area contributed by atoms with Crippen molar-refractivity contribution < 1.29 is 4.79 Å². The molecule has 0 saturated carbocycles. The molecule has 0 aliphatic rings. The van der Waals surface area contributed by atoms with Gasteiger partial charge in [-0.15, -0.1) is 0 Å². The SMILES string of the molecule is CC(NC(=O)c1ccc(Br)cc1Br)C(N)=S. The molecule has 0 bridgehead atoms. The predicted molar refractivity (Wildman–Crippen MR) is 75.6 cm³/mol. The van der Waals surface area contributed by atoms with E-state index in [9.17, 15) is 4.79 Å². The molecule has 0 aliphatic carbocycles. The third-order valence-electron chi connectivity index (χ3n) is 1.95. The number of carbonyl (C=O) groups excluding carboxylic acids is 1. The van der Waals surface area contributed by atoms with Gasteiger partial charge < -0.3 is 11.1 Å². The van der Waals surface area contributed by atoms with Crippen molar-refractivity contribution in [3.8, 4) is 0 Å². The van der Waals surface area contributed by atoms with Crippen molar-refractivity contribution in [2.45, 2.75) is 13.0 Å². The van der Waals surface area contributed by atoms with Crippen LogP contribution >= 0.6 is 44.1 Å². The van der Waals surface area contributed by atoms with E-state index in [1.807, 2.05) is 0 Å². The third kappa shape index (κ3) is 3.54. The molecule has 1 unspecified atom stereocenters. The Morgan fingerprint density at radius 3 is 2.62 bits per heavy atom. The molecular weight excluding hydrogens is 356 g/mol. The average Bonchev–Trinajstić information content (AvgIpc) is 2.16. The molecule has 0 heterocycles. The van der Waals surface area contributed by atoms with E-state index in [4.69, 9.17) is 18.0 Å². The lowest BCUT2D eigenvalue weighted by molar-refractivity contribution is 0.0948. The van der Waals surface area contributed by atoms with Crippen molar-refractivity contribution in [2.75, 3.05) is 0 Å². The highest BCUT2D eigenvalue weighted by Gasteiger charge is 2.14. The summed E-state index contributed by atoms with van der Waals surface area (Å²) in [5, 5.41) is 2.71. The van der Waals surface area contributed by atoms with Crippen LogP contribution in [0.1, 0.15) is 17.3 Å². The molecule has 1 rings (SSSR count). The molecule has 0 fully saturated rings. The lowest BCUT2D eigenvalue weighted by Gasteiger charge is -2.12. The molecule has 0 aromatic heterocycles. The van der Waals surface area contributed by atoms with Crippen LogP contribution in [-0.4, -0.2) is 16.9 Å². The van der Waals surface area contributed by atoms with Gasteiger partial charge >= 0.3 is 0 Å². The molecule has 0 spiro atoms. The lowest BCUT2D eigenvalue weighted by atomic mass is 10.2. The Kier molecular flexibility index (Phi) is 4.89. The van der Waals surface area contributed by atoms with Gasteiger partial charge in [0.25, 0.3) is 5.91 Å². The van der Waals surface area contributed by atoms with E-state index >= 15 is 0 Å². The van der Waals surface area contributed by atoms with E-state index in [2.05, 4.69) is 37.2 Å². The van der Waals surface area contributed by atoms with E-state index in [0.717, 1.165) is 8.95 Å². The molecule has 16 heavy (non-hydrogen) atoms. The minimum atomic E-state index is -0.321. The molecular formula is C10H10Br2N2OS. The first kappa shape index (κ1) is 13.6. The van der Waals surface area contributed by atoms with Crippen LogP contribution in [0.15, 0.2) is 27.1 Å². The quantitative estimate of drug-likeness (QED) is 0.809. The molecule has 0 saturated heterocycles. The van der Waals surface area contributed by atoms with Crippen LogP contribution in [-0.2, 0) is 0 Å². The van der Waals surface area contributed by atoms with Crippen molar-refractivity contribution in [3.05, 3.63) is 32.7 Å². The summed E-state index contributed by atoms with van der Waals surface area (Å²) in [5.41, 5.74) is 5.97. The van der Waals surface area contributed by atoms with Crippen molar-refractivity contribution in [3.63, 3.8) is 0 Å². The summed E-state index contributed by atoms with van der Waals surface area (Å²) >= 11 is 11.4. The second kappa shape index (κ2) is 5.75. The number of hydrogen-bond donors (Lipinski definition) is 2. The Bertz CT molecular complexity index is 437. The summed E-state index contributed by atoms with van der Waals surface area (Å²) in [7, 11) is 0. The molecule has 1 aromatic carbocycles. The third-order valence-corrected chi connectivity index (χ3v) is 3.45. The maximum atomic E-state index is 11.8. The maximum absolute atomic E-state index is 11.8. The number of rotatable bonds is 3. The van der Waals surface area contributed by atoms with E-state index in [1.54, 1.807) is 25.1 Å². The van der Waals surface area contributed by atoms with Crippen molar-refractivity contribution >= 4 is 55.0 Å². The molecule has 0 radical (unpaired) electrons. The van der Waals surface area contributed by atoms with Crippen molar-refractivity contribution in [1.82, 2.24) is 5.32 Å². The molecule has 1 atom stereocenters. The highest BCUT2D eigenvalue weighted by atomic mass is 79.9. The minimum absolute atomic E-state index is 0.209. The second-order valence-corrected chi connectivity index (χ2v) is 5.46. The Hall–Kier alpha value is -0.460. The number of halogens is 2. The molecule has 3 N–H and O–H groups in total. The number of nitrogens with one attached hydrogen (secondary N) is 1. The van der Waals surface area contributed by atoms with Gasteiger partial charge in [0.2, 0.25) is 0 Å². The van der Waals surface area contributed by atoms with Gasteiger partial charge in [-0.25, -0.2) is 0 Å². The molecule has 3 nitrogen and oxygen atoms in total. The standard InChI is InChI=1S/C10H10Br2N2OS/c1-5(9(13)16)14-10(15)7-3-2-6(11)4-8(7)12/h2-5H,1H3,(H2,13,16)(H,14,15). The van der Waals surface area contributed by atoms with Gasteiger partial charge in [-0.05, 0) is 41.1 Å². The van der Waals surface area contributed by atoms with Crippen LogP contribution in [0.3, 0.4) is 0 Å². The fourth-order valence-electron chi connectivity index (χ4n) is 1.02. The second-order valence-electron chi connectivity index (χ2n) is 3.22. The summed E-state index contributed by atoms with van der Waals surface area (Å²) in [6, 6.07) is 5.00. The van der Waals surface area contributed by atoms with Gasteiger partial charge in [-0.1, -0.05) is 28.1 Å². The number of nitrogens with two attached hydrogens (primary N) is 1. The van der Waals surface area contributed by atoms with E-state index in [0.29, 0.717) is 5.56 Å². The smallest absolute Gasteiger partial charge is 0.252 e. The van der Waals surface area contributed by atoms with Gasteiger partial charge in [-0.2, -0.15) is 0 Å². The van der Waals surface area contributed by atoms with Crippen molar-refractivity contribution in [2.24, 2.45) is 5.73 Å². The molecule has 0 aliphatic heterocycles. The number of amides is 1. The van der Waals surface area contributed by atoms with Gasteiger partial charge in [-0.3, -0.25) is 4.79 Å². The Morgan fingerprint density at radius 1 is 1.50 bits per heavy atom. The topological polar surface area (TPSA) is 55.1 Å². The largest absolute Gasteiger partial charge is 0.392 e. The van der Waals surface area contributed by atoms with Gasteiger partial charge in [0.05, 0.1) is 16.6 Å². The first-order valence-corrected chi connectivity index (χ1v) is 6.46.